The number of nitrogens with zero attached hydrogens (tertiary/aromatic N) is 3. The van der Waals surface area contributed by atoms with Gasteiger partial charge < -0.3 is 15.2 Å². The second-order valence-electron chi connectivity index (χ2n) is 4.35. The van der Waals surface area contributed by atoms with Crippen LogP contribution in [-0.4, -0.2) is 45.0 Å². The number of aliphatic carboxylic acids is 1. The van der Waals surface area contributed by atoms with E-state index in [0.717, 1.165) is 0 Å². The summed E-state index contributed by atoms with van der Waals surface area (Å²) in [4.78, 5) is 23.9. The molecule has 2 N–H and O–H groups in total. The summed E-state index contributed by atoms with van der Waals surface area (Å²) in [5.41, 5.74) is 1.14. The van der Waals surface area contributed by atoms with Crippen molar-refractivity contribution < 1.29 is 32.6 Å². The number of hydrogen-bond acceptors (Lipinski definition) is 5. The Bertz CT molecular complexity index is 764. The van der Waals surface area contributed by atoms with Crippen LogP contribution in [0, 0.1) is 0 Å². The molecule has 136 valence electrons. The van der Waals surface area contributed by atoms with E-state index >= 15 is 0 Å². The Morgan fingerprint density at radius 2 is 1.96 bits per heavy atom. The highest BCUT2D eigenvalue weighted by Gasteiger charge is 2.38. The Morgan fingerprint density at radius 1 is 1.36 bits per heavy atom. The Kier molecular flexibility index (Phi) is 6.74. The number of rotatable bonds is 3. The molecule has 0 spiro atoms. The molecule has 2 aromatic rings. The number of amides is 1. The van der Waals surface area contributed by atoms with Crippen molar-refractivity contribution in [3.05, 3.63) is 29.8 Å². The minimum Gasteiger partial charge on any atom is -0.495 e. The number of carboxylic acids is 1. The zero-order valence-corrected chi connectivity index (χ0v) is 13.6. The lowest BCUT2D eigenvalue weighted by Crippen LogP contribution is -2.21. The van der Waals surface area contributed by atoms with Crippen LogP contribution in [0.25, 0.3) is 5.69 Å². The molecular weight excluding hydrogens is 369 g/mol. The van der Waals surface area contributed by atoms with Crippen LogP contribution in [-0.2, 0) is 9.59 Å². The molecule has 0 aliphatic heterocycles. The molecule has 0 aliphatic rings. The average Bonchev–Trinajstić information content (AvgIpc) is 2.87. The number of nitrogens with one attached hydrogen (secondary N) is 1. The van der Waals surface area contributed by atoms with Crippen LogP contribution < -0.4 is 10.1 Å². The van der Waals surface area contributed by atoms with Gasteiger partial charge in [-0.15, -0.1) is 0 Å². The Morgan fingerprint density at radius 3 is 2.44 bits per heavy atom. The van der Waals surface area contributed by atoms with Gasteiger partial charge in [0.15, 0.2) is 5.15 Å². The number of carbonyl (C=O) groups is 2. The number of anilines is 1. The fourth-order valence-electron chi connectivity index (χ4n) is 1.40. The quantitative estimate of drug-likeness (QED) is 0.847. The third-order valence-corrected chi connectivity index (χ3v) is 2.70. The topological polar surface area (TPSA) is 106 Å². The smallest absolute Gasteiger partial charge is 0.490 e. The van der Waals surface area contributed by atoms with Gasteiger partial charge in [-0.05, 0) is 0 Å². The molecule has 8 nitrogen and oxygen atoms in total. The summed E-state index contributed by atoms with van der Waals surface area (Å²) in [7, 11) is 1.56. The molecule has 0 radical (unpaired) electrons. The number of halogens is 4. The van der Waals surface area contributed by atoms with Crippen LogP contribution >= 0.6 is 11.6 Å². The molecule has 0 saturated heterocycles. The summed E-state index contributed by atoms with van der Waals surface area (Å²) in [5, 5.41) is 14.0. The first-order valence-corrected chi connectivity index (χ1v) is 6.74. The number of carbonyl (C=O) groups excluding carboxylic acids is 1. The first-order chi connectivity index (χ1) is 11.5. The number of alkyl halides is 3. The van der Waals surface area contributed by atoms with Crippen molar-refractivity contribution in [3.63, 3.8) is 0 Å². The third kappa shape index (κ3) is 6.30. The van der Waals surface area contributed by atoms with Gasteiger partial charge in [-0.1, -0.05) is 11.6 Å². The summed E-state index contributed by atoms with van der Waals surface area (Å²) in [5.74, 6) is -2.35. The lowest BCUT2D eigenvalue weighted by molar-refractivity contribution is -0.192. The first kappa shape index (κ1) is 20.2. The second-order valence-corrected chi connectivity index (χ2v) is 4.70. The normalized spacial score (nSPS) is 10.5. The fourth-order valence-corrected chi connectivity index (χ4v) is 1.58. The van der Waals surface area contributed by atoms with Crippen molar-refractivity contribution >= 4 is 29.2 Å². The van der Waals surface area contributed by atoms with E-state index in [2.05, 4.69) is 15.4 Å². The van der Waals surface area contributed by atoms with E-state index in [4.69, 9.17) is 26.2 Å². The molecule has 0 saturated carbocycles. The number of ether oxygens (including phenoxy) is 1. The SMILES string of the molecule is COc1cncc(-n2cc(NC(C)=O)c(Cl)n2)c1.O=C(O)C(F)(F)F. The lowest BCUT2D eigenvalue weighted by Gasteiger charge is -2.03. The standard InChI is InChI=1S/C11H11ClN4O2.C2HF3O2/c1-7(17)14-10-6-16(15-11(10)12)8-3-9(18-2)5-13-4-8;3-2(4,5)1(6)7/h3-6H,1-2H3,(H,14,17);(H,6,7). The van der Waals surface area contributed by atoms with Crippen molar-refractivity contribution in [1.29, 1.82) is 0 Å². The van der Waals surface area contributed by atoms with E-state index in [9.17, 15) is 18.0 Å². The van der Waals surface area contributed by atoms with Crippen LogP contribution in [0.2, 0.25) is 5.15 Å². The van der Waals surface area contributed by atoms with Crippen LogP contribution in [0.15, 0.2) is 24.7 Å². The van der Waals surface area contributed by atoms with Gasteiger partial charge in [0.25, 0.3) is 0 Å². The van der Waals surface area contributed by atoms with Crippen molar-refractivity contribution in [2.75, 3.05) is 12.4 Å². The summed E-state index contributed by atoms with van der Waals surface area (Å²) in [6.07, 6.45) is -0.271. The van der Waals surface area contributed by atoms with E-state index in [-0.39, 0.29) is 11.1 Å². The molecule has 0 unspecified atom stereocenters. The Hall–Kier alpha value is -2.82. The van der Waals surface area contributed by atoms with Crippen LogP contribution in [0.5, 0.6) is 5.75 Å². The predicted molar refractivity (Wildman–Crippen MR) is 80.9 cm³/mol. The Balaban J connectivity index is 0.000000381. The van der Waals surface area contributed by atoms with E-state index in [1.807, 2.05) is 0 Å². The van der Waals surface area contributed by atoms with E-state index in [1.165, 1.54) is 11.6 Å². The van der Waals surface area contributed by atoms with E-state index < -0.39 is 12.1 Å². The van der Waals surface area contributed by atoms with Gasteiger partial charge >= 0.3 is 12.1 Å². The van der Waals surface area contributed by atoms with Crippen molar-refractivity contribution in [1.82, 2.24) is 14.8 Å². The highest BCUT2D eigenvalue weighted by molar-refractivity contribution is 6.32. The van der Waals surface area contributed by atoms with Gasteiger partial charge in [-0.2, -0.15) is 18.3 Å². The Labute approximate surface area is 144 Å². The molecular formula is C13H12ClF3N4O4. The second kappa shape index (κ2) is 8.33. The minimum absolute atomic E-state index is 0.208. The molecule has 0 bridgehead atoms. The monoisotopic (exact) mass is 380 g/mol. The maximum Gasteiger partial charge on any atom is 0.490 e. The maximum absolute atomic E-state index is 11.0. The molecule has 12 heteroatoms. The molecule has 0 aromatic carbocycles. The van der Waals surface area contributed by atoms with Crippen LogP contribution in [0.1, 0.15) is 6.92 Å². The molecule has 1 amide bonds. The minimum atomic E-state index is -5.08. The third-order valence-electron chi connectivity index (χ3n) is 2.42. The molecule has 0 atom stereocenters. The zero-order chi connectivity index (χ0) is 19.2. The fraction of sp³-hybridized carbons (Fsp3) is 0.231. The molecule has 0 aliphatic carbocycles. The average molecular weight is 381 g/mol. The van der Waals surface area contributed by atoms with Gasteiger partial charge in [0.1, 0.15) is 5.75 Å². The van der Waals surface area contributed by atoms with Gasteiger partial charge in [-0.3, -0.25) is 9.78 Å². The van der Waals surface area contributed by atoms with Crippen LogP contribution in [0.3, 0.4) is 0 Å². The molecule has 2 rings (SSSR count). The predicted octanol–water partition coefficient (Wildman–Crippen LogP) is 2.52. The molecule has 2 aromatic heterocycles. The highest BCUT2D eigenvalue weighted by atomic mass is 35.5. The van der Waals surface area contributed by atoms with Crippen molar-refractivity contribution in [2.45, 2.75) is 13.1 Å². The summed E-state index contributed by atoms with van der Waals surface area (Å²) in [6.45, 7) is 1.40. The molecule has 0 fully saturated rings. The van der Waals surface area contributed by atoms with Gasteiger partial charge in [-0.25, -0.2) is 9.48 Å². The largest absolute Gasteiger partial charge is 0.495 e. The van der Waals surface area contributed by atoms with E-state index in [1.54, 1.807) is 31.8 Å². The number of carboxylic acid groups (broad SMARTS) is 1. The summed E-state index contributed by atoms with van der Waals surface area (Å²) < 4.78 is 38.3. The van der Waals surface area contributed by atoms with Crippen molar-refractivity contribution in [3.8, 4) is 11.4 Å². The number of methoxy groups -OCH3 is 1. The van der Waals surface area contributed by atoms with Crippen LogP contribution in [0.4, 0.5) is 18.9 Å². The molecule has 2 heterocycles. The number of aromatic nitrogens is 3. The van der Waals surface area contributed by atoms with Gasteiger partial charge in [0, 0.05) is 13.0 Å². The molecule has 25 heavy (non-hydrogen) atoms. The highest BCUT2D eigenvalue weighted by Crippen LogP contribution is 2.22. The van der Waals surface area contributed by atoms with Gasteiger partial charge in [0.2, 0.25) is 5.91 Å². The number of pyridine rings is 1. The summed E-state index contributed by atoms with van der Waals surface area (Å²) in [6, 6.07) is 1.76. The zero-order valence-electron chi connectivity index (χ0n) is 12.8. The summed E-state index contributed by atoms with van der Waals surface area (Å²) >= 11 is 5.91. The van der Waals surface area contributed by atoms with Gasteiger partial charge in [0.05, 0.1) is 37.1 Å². The number of hydrogen-bond donors (Lipinski definition) is 2. The lowest BCUT2D eigenvalue weighted by atomic mass is 10.4. The van der Waals surface area contributed by atoms with E-state index in [0.29, 0.717) is 17.1 Å². The maximum atomic E-state index is 11.0. The van der Waals surface area contributed by atoms with Crippen molar-refractivity contribution in [2.24, 2.45) is 0 Å². The first-order valence-electron chi connectivity index (χ1n) is 6.37.